The highest BCUT2D eigenvalue weighted by molar-refractivity contribution is 8.13. The summed E-state index contributed by atoms with van der Waals surface area (Å²) in [4.78, 5) is 13.2. The first-order valence-electron chi connectivity index (χ1n) is 7.15. The molecule has 4 nitrogen and oxygen atoms in total. The van der Waals surface area contributed by atoms with E-state index in [1.807, 2.05) is 6.92 Å². The van der Waals surface area contributed by atoms with Crippen LogP contribution in [0.15, 0.2) is 11.0 Å². The summed E-state index contributed by atoms with van der Waals surface area (Å²) in [6.07, 6.45) is 6.01. The molecule has 1 N–H and O–H groups in total. The number of carbonyl (C=O) groups is 1. The third-order valence-corrected chi connectivity index (χ3v) is 6.70. The average molecular weight is 350 g/mol. The summed E-state index contributed by atoms with van der Waals surface area (Å²) in [7, 11) is 1.56. The molecule has 1 amide bonds. The first-order valence-corrected chi connectivity index (χ1v) is 10.3. The van der Waals surface area contributed by atoms with Crippen molar-refractivity contribution in [2.45, 2.75) is 56.9 Å². The molecule has 1 aliphatic carbocycles. The normalized spacial score (nSPS) is 18.4. The second kappa shape index (κ2) is 6.67. The van der Waals surface area contributed by atoms with Crippen LogP contribution in [-0.2, 0) is 9.05 Å². The fourth-order valence-corrected chi connectivity index (χ4v) is 5.42. The van der Waals surface area contributed by atoms with Crippen LogP contribution in [-0.4, -0.2) is 20.4 Å². The molecule has 21 heavy (non-hydrogen) atoms. The van der Waals surface area contributed by atoms with Crippen LogP contribution in [0.5, 0.6) is 0 Å². The number of hydrogen-bond donors (Lipinski definition) is 1. The second-order valence-corrected chi connectivity index (χ2v) is 9.42. The predicted molar refractivity (Wildman–Crippen MR) is 85.6 cm³/mol. The summed E-state index contributed by atoms with van der Waals surface area (Å²) in [5, 5.41) is 2.99. The van der Waals surface area contributed by atoms with E-state index in [1.165, 1.54) is 25.3 Å². The zero-order valence-electron chi connectivity index (χ0n) is 12.2. The molecule has 0 spiro atoms. The minimum atomic E-state index is -3.79. The lowest BCUT2D eigenvalue weighted by molar-refractivity contribution is 0.0923. The van der Waals surface area contributed by atoms with E-state index in [0.717, 1.165) is 24.2 Å². The Hall–Kier alpha value is -0.590. The zero-order valence-corrected chi connectivity index (χ0v) is 14.6. The van der Waals surface area contributed by atoms with Crippen LogP contribution in [0.1, 0.15) is 53.6 Å². The molecule has 0 aliphatic heterocycles. The predicted octanol–water partition coefficient (Wildman–Crippen LogP) is 3.68. The summed E-state index contributed by atoms with van der Waals surface area (Å²) in [6.45, 7) is 3.68. The molecule has 0 radical (unpaired) electrons. The van der Waals surface area contributed by atoms with Gasteiger partial charge in [0.25, 0.3) is 15.0 Å². The van der Waals surface area contributed by atoms with E-state index in [0.29, 0.717) is 15.7 Å². The Morgan fingerprint density at radius 3 is 2.52 bits per heavy atom. The van der Waals surface area contributed by atoms with Gasteiger partial charge in [-0.05, 0) is 38.7 Å². The van der Waals surface area contributed by atoms with E-state index in [9.17, 15) is 13.2 Å². The van der Waals surface area contributed by atoms with Crippen molar-refractivity contribution < 1.29 is 13.2 Å². The molecule has 2 rings (SSSR count). The maximum atomic E-state index is 12.3. The zero-order chi connectivity index (χ0) is 15.6. The fraction of sp³-hybridized carbons (Fsp3) is 0.643. The van der Waals surface area contributed by atoms with Crippen molar-refractivity contribution >= 4 is 37.0 Å². The number of nitrogens with one attached hydrogen (secondary N) is 1. The van der Waals surface area contributed by atoms with Gasteiger partial charge in [0.2, 0.25) is 0 Å². The van der Waals surface area contributed by atoms with Gasteiger partial charge in [0.1, 0.15) is 0 Å². The van der Waals surface area contributed by atoms with Gasteiger partial charge in [-0.15, -0.1) is 11.3 Å². The van der Waals surface area contributed by atoms with Gasteiger partial charge in [0, 0.05) is 21.6 Å². The highest BCUT2D eigenvalue weighted by atomic mass is 35.7. The summed E-state index contributed by atoms with van der Waals surface area (Å²) in [5.74, 6) is 0.299. The van der Waals surface area contributed by atoms with Crippen molar-refractivity contribution in [3.05, 3.63) is 15.8 Å². The highest BCUT2D eigenvalue weighted by Crippen LogP contribution is 2.29. The van der Waals surface area contributed by atoms with Crippen molar-refractivity contribution in [3.63, 3.8) is 0 Å². The smallest absolute Gasteiger partial charge is 0.262 e. The lowest BCUT2D eigenvalue weighted by atomic mass is 9.84. The standard InChI is InChI=1S/C14H20ClNO3S2/c1-9(11-6-4-3-5-7-11)16-14(17)12-8-13(10(2)20-12)21(15,18)19/h8-9,11H,3-7H2,1-2H3,(H,16,17). The summed E-state index contributed by atoms with van der Waals surface area (Å²) < 4.78 is 22.8. The minimum Gasteiger partial charge on any atom is -0.349 e. The molecule has 1 aromatic heterocycles. The fourth-order valence-electron chi connectivity index (χ4n) is 2.85. The van der Waals surface area contributed by atoms with Crippen LogP contribution < -0.4 is 5.32 Å². The summed E-state index contributed by atoms with van der Waals surface area (Å²) >= 11 is 1.16. The first kappa shape index (κ1) is 16.8. The third kappa shape index (κ3) is 4.20. The third-order valence-electron chi connectivity index (χ3n) is 4.07. The Labute approximate surface area is 134 Å². The van der Waals surface area contributed by atoms with Gasteiger partial charge in [-0.3, -0.25) is 4.79 Å². The Bertz CT molecular complexity index is 618. The van der Waals surface area contributed by atoms with Crippen LogP contribution in [0.25, 0.3) is 0 Å². The highest BCUT2D eigenvalue weighted by Gasteiger charge is 2.24. The Balaban J connectivity index is 2.06. The number of thiophene rings is 1. The molecule has 1 fully saturated rings. The molecule has 0 saturated heterocycles. The topological polar surface area (TPSA) is 63.2 Å². The summed E-state index contributed by atoms with van der Waals surface area (Å²) in [6, 6.07) is 1.47. The monoisotopic (exact) mass is 349 g/mol. The lowest BCUT2D eigenvalue weighted by Crippen LogP contribution is -2.38. The molecule has 1 aliphatic rings. The van der Waals surface area contributed by atoms with Crippen LogP contribution in [0, 0.1) is 12.8 Å². The maximum Gasteiger partial charge on any atom is 0.262 e. The molecule has 1 unspecified atom stereocenters. The van der Waals surface area contributed by atoms with Crippen molar-refractivity contribution in [1.82, 2.24) is 5.32 Å². The molecule has 1 heterocycles. The molecule has 1 saturated carbocycles. The van der Waals surface area contributed by atoms with Crippen LogP contribution in [0.4, 0.5) is 0 Å². The van der Waals surface area contributed by atoms with Gasteiger partial charge in [0.15, 0.2) is 0 Å². The number of amides is 1. The minimum absolute atomic E-state index is 0.0321. The Morgan fingerprint density at radius 2 is 2.00 bits per heavy atom. The van der Waals surface area contributed by atoms with Crippen molar-refractivity contribution in [1.29, 1.82) is 0 Å². The van der Waals surface area contributed by atoms with Gasteiger partial charge >= 0.3 is 0 Å². The number of hydrogen-bond acceptors (Lipinski definition) is 4. The van der Waals surface area contributed by atoms with Crippen molar-refractivity contribution in [2.24, 2.45) is 5.92 Å². The van der Waals surface area contributed by atoms with Crippen molar-refractivity contribution in [3.8, 4) is 0 Å². The summed E-state index contributed by atoms with van der Waals surface area (Å²) in [5.41, 5.74) is 0. The van der Waals surface area contributed by atoms with Gasteiger partial charge in [-0.25, -0.2) is 8.42 Å². The Morgan fingerprint density at radius 1 is 1.38 bits per heavy atom. The molecular weight excluding hydrogens is 330 g/mol. The molecule has 7 heteroatoms. The van der Waals surface area contributed by atoms with Gasteiger partial charge in [-0.2, -0.15) is 0 Å². The van der Waals surface area contributed by atoms with E-state index in [4.69, 9.17) is 10.7 Å². The van der Waals surface area contributed by atoms with E-state index in [-0.39, 0.29) is 16.8 Å². The largest absolute Gasteiger partial charge is 0.349 e. The lowest BCUT2D eigenvalue weighted by Gasteiger charge is -2.28. The molecule has 1 aromatic rings. The number of rotatable bonds is 4. The maximum absolute atomic E-state index is 12.3. The average Bonchev–Trinajstić information content (AvgIpc) is 2.82. The van der Waals surface area contributed by atoms with Gasteiger partial charge in [0.05, 0.1) is 9.77 Å². The number of halogens is 1. The molecule has 1 atom stereocenters. The molecule has 118 valence electrons. The van der Waals surface area contributed by atoms with Crippen LogP contribution >= 0.6 is 22.0 Å². The number of carbonyl (C=O) groups excluding carboxylic acids is 1. The molecule has 0 bridgehead atoms. The van der Waals surface area contributed by atoms with E-state index in [1.54, 1.807) is 6.92 Å². The van der Waals surface area contributed by atoms with Crippen molar-refractivity contribution in [2.75, 3.05) is 0 Å². The van der Waals surface area contributed by atoms with Gasteiger partial charge in [-0.1, -0.05) is 19.3 Å². The molecule has 0 aromatic carbocycles. The quantitative estimate of drug-likeness (QED) is 0.843. The number of aryl methyl sites for hydroxylation is 1. The van der Waals surface area contributed by atoms with Gasteiger partial charge < -0.3 is 5.32 Å². The van der Waals surface area contributed by atoms with Crippen LogP contribution in [0.2, 0.25) is 0 Å². The SMILES string of the molecule is Cc1sc(C(=O)NC(C)C2CCCCC2)cc1S(=O)(=O)Cl. The first-order chi connectivity index (χ1) is 9.79. The molecular formula is C14H20ClNO3S2. The van der Waals surface area contributed by atoms with Crippen LogP contribution in [0.3, 0.4) is 0 Å². The van der Waals surface area contributed by atoms with E-state index < -0.39 is 9.05 Å². The van der Waals surface area contributed by atoms with E-state index in [2.05, 4.69) is 5.32 Å². The Kier molecular flexibility index (Phi) is 5.33. The van der Waals surface area contributed by atoms with E-state index >= 15 is 0 Å². The second-order valence-electron chi connectivity index (χ2n) is 5.63.